The number of nitrogens with zero attached hydrogens (tertiary/aromatic N) is 1. The second kappa shape index (κ2) is 19.9. The summed E-state index contributed by atoms with van der Waals surface area (Å²) in [6.07, 6.45) is 23.0. The lowest BCUT2D eigenvalue weighted by Crippen LogP contribution is -3.00. The van der Waals surface area contributed by atoms with E-state index in [9.17, 15) is 4.79 Å². The predicted octanol–water partition coefficient (Wildman–Crippen LogP) is 3.05. The molecule has 0 aliphatic carbocycles. The van der Waals surface area contributed by atoms with Crippen LogP contribution in [0, 0.1) is 0 Å². The Bertz CT molecular complexity index is 386. The number of rotatable bonds is 17. The fraction of sp³-hybridized carbons (Fsp3) is 0.783. The van der Waals surface area contributed by atoms with Crippen molar-refractivity contribution in [2.75, 3.05) is 34.3 Å². The monoisotopic (exact) mass is 401 g/mol. The van der Waals surface area contributed by atoms with Crippen LogP contribution in [-0.2, 0) is 9.53 Å². The third kappa shape index (κ3) is 25.2. The molecule has 0 aromatic heterocycles. The van der Waals surface area contributed by atoms with Crippen molar-refractivity contribution in [3.05, 3.63) is 24.3 Å². The van der Waals surface area contributed by atoms with Gasteiger partial charge in [-0.2, -0.15) is 0 Å². The number of carbonyl (C=O) groups is 1. The van der Waals surface area contributed by atoms with E-state index in [2.05, 4.69) is 52.4 Å². The summed E-state index contributed by atoms with van der Waals surface area (Å²) in [5.41, 5.74) is 0. The Kier molecular flexibility index (Phi) is 21.0. The van der Waals surface area contributed by atoms with Crippen LogP contribution >= 0.6 is 0 Å². The van der Waals surface area contributed by atoms with Crippen LogP contribution < -0.4 is 12.4 Å². The first-order valence-electron chi connectivity index (χ1n) is 10.7. The highest BCUT2D eigenvalue weighted by Crippen LogP contribution is 2.08. The van der Waals surface area contributed by atoms with E-state index in [4.69, 9.17) is 4.74 Å². The van der Waals surface area contributed by atoms with Gasteiger partial charge in [-0.3, -0.25) is 4.79 Å². The highest BCUT2D eigenvalue weighted by molar-refractivity contribution is 5.69. The van der Waals surface area contributed by atoms with Crippen LogP contribution in [0.5, 0.6) is 0 Å². The standard InChI is InChI=1S/C23H44NO2.ClH/c1-5-6-7-8-9-10-11-12-13-14-15-16-17-18-19-20-23(25)26-22-21-24(2,3)4;/h9-10,12-13H,5-8,11,14-22H2,1-4H3;1H/q+1;/p-1/b10-9-,13-12-;. The molecule has 4 heteroatoms. The van der Waals surface area contributed by atoms with Crippen LogP contribution in [0.2, 0.25) is 0 Å². The summed E-state index contributed by atoms with van der Waals surface area (Å²) < 4.78 is 6.10. The van der Waals surface area contributed by atoms with Crippen LogP contribution in [0.3, 0.4) is 0 Å². The van der Waals surface area contributed by atoms with E-state index in [0.29, 0.717) is 13.0 Å². The molecule has 0 saturated heterocycles. The third-order valence-corrected chi connectivity index (χ3v) is 4.36. The van der Waals surface area contributed by atoms with Crippen LogP contribution in [0.1, 0.15) is 84.0 Å². The van der Waals surface area contributed by atoms with Gasteiger partial charge in [-0.25, -0.2) is 0 Å². The molecule has 0 unspecified atom stereocenters. The fourth-order valence-electron chi connectivity index (χ4n) is 2.59. The van der Waals surface area contributed by atoms with Crippen molar-refractivity contribution in [1.29, 1.82) is 0 Å². The number of quaternary nitrogens is 1. The molecule has 0 aliphatic heterocycles. The second-order valence-electron chi connectivity index (χ2n) is 8.22. The molecule has 3 nitrogen and oxygen atoms in total. The maximum absolute atomic E-state index is 11.6. The number of esters is 1. The molecule has 0 aromatic carbocycles. The Morgan fingerprint density at radius 2 is 1.37 bits per heavy atom. The van der Waals surface area contributed by atoms with Gasteiger partial charge >= 0.3 is 5.97 Å². The molecule has 0 spiro atoms. The van der Waals surface area contributed by atoms with E-state index in [0.717, 1.165) is 30.3 Å². The highest BCUT2D eigenvalue weighted by Gasteiger charge is 2.08. The summed E-state index contributed by atoms with van der Waals surface area (Å²) in [5.74, 6) is -0.0378. The zero-order chi connectivity index (χ0) is 19.5. The van der Waals surface area contributed by atoms with Crippen molar-refractivity contribution < 1.29 is 26.4 Å². The van der Waals surface area contributed by atoms with Crippen molar-refractivity contribution in [3.63, 3.8) is 0 Å². The third-order valence-electron chi connectivity index (χ3n) is 4.36. The number of carbonyl (C=O) groups excluding carboxylic acids is 1. The first kappa shape index (κ1) is 28.4. The van der Waals surface area contributed by atoms with Gasteiger partial charge < -0.3 is 21.6 Å². The Balaban J connectivity index is 0. The molecule has 0 saturated carbocycles. The van der Waals surface area contributed by atoms with E-state index >= 15 is 0 Å². The van der Waals surface area contributed by atoms with E-state index in [1.165, 1.54) is 51.4 Å². The Morgan fingerprint density at radius 1 is 0.815 bits per heavy atom. The molecule has 0 aliphatic rings. The number of hydrogen-bond acceptors (Lipinski definition) is 2. The molecule has 0 N–H and O–H groups in total. The summed E-state index contributed by atoms with van der Waals surface area (Å²) in [6, 6.07) is 0. The lowest BCUT2D eigenvalue weighted by Gasteiger charge is -2.23. The van der Waals surface area contributed by atoms with E-state index in [1.54, 1.807) is 0 Å². The minimum absolute atomic E-state index is 0. The van der Waals surface area contributed by atoms with Crippen LogP contribution in [0.15, 0.2) is 24.3 Å². The number of hydrogen-bond donors (Lipinski definition) is 0. The molecule has 0 atom stereocenters. The Labute approximate surface area is 175 Å². The topological polar surface area (TPSA) is 26.3 Å². The van der Waals surface area contributed by atoms with Crippen molar-refractivity contribution in [3.8, 4) is 0 Å². The molecular formula is C23H44ClNO2. The van der Waals surface area contributed by atoms with Gasteiger partial charge in [0, 0.05) is 6.42 Å². The summed E-state index contributed by atoms with van der Waals surface area (Å²) in [4.78, 5) is 11.6. The smallest absolute Gasteiger partial charge is 0.305 e. The molecule has 0 heterocycles. The number of likely N-dealkylation sites (N-methyl/N-ethyl adjacent to an activating group) is 1. The van der Waals surface area contributed by atoms with Crippen molar-refractivity contribution in [2.45, 2.75) is 84.0 Å². The first-order valence-corrected chi connectivity index (χ1v) is 10.7. The fourth-order valence-corrected chi connectivity index (χ4v) is 2.59. The van der Waals surface area contributed by atoms with Gasteiger partial charge in [0.05, 0.1) is 21.1 Å². The molecule has 0 rings (SSSR count). The average Bonchev–Trinajstić information content (AvgIpc) is 2.57. The van der Waals surface area contributed by atoms with Gasteiger partial charge in [0.25, 0.3) is 0 Å². The summed E-state index contributed by atoms with van der Waals surface area (Å²) >= 11 is 0. The average molecular weight is 402 g/mol. The molecule has 27 heavy (non-hydrogen) atoms. The molecular weight excluding hydrogens is 358 g/mol. The normalized spacial score (nSPS) is 11.9. The van der Waals surface area contributed by atoms with Gasteiger partial charge in [-0.1, -0.05) is 63.3 Å². The molecule has 0 aromatic rings. The van der Waals surface area contributed by atoms with E-state index in [1.807, 2.05) is 0 Å². The Hall–Kier alpha value is -0.800. The number of halogens is 1. The SMILES string of the molecule is CCCCC/C=C\C/C=C\CCCCCCCC(=O)OCC[N+](C)(C)C.[Cl-]. The largest absolute Gasteiger partial charge is 1.00 e. The zero-order valence-electron chi connectivity index (χ0n) is 18.4. The summed E-state index contributed by atoms with van der Waals surface area (Å²) in [6.45, 7) is 3.64. The van der Waals surface area contributed by atoms with Gasteiger partial charge in [0.15, 0.2) is 0 Å². The predicted molar refractivity (Wildman–Crippen MR) is 113 cm³/mol. The van der Waals surface area contributed by atoms with E-state index < -0.39 is 0 Å². The lowest BCUT2D eigenvalue weighted by atomic mass is 10.1. The molecule has 0 bridgehead atoms. The summed E-state index contributed by atoms with van der Waals surface area (Å²) in [5, 5.41) is 0. The van der Waals surface area contributed by atoms with Crippen molar-refractivity contribution in [2.24, 2.45) is 0 Å². The lowest BCUT2D eigenvalue weighted by molar-refractivity contribution is -0.870. The molecule has 0 radical (unpaired) electrons. The number of unbranched alkanes of at least 4 members (excludes halogenated alkanes) is 8. The van der Waals surface area contributed by atoms with Gasteiger partial charge in [0.2, 0.25) is 0 Å². The Morgan fingerprint density at radius 3 is 1.96 bits per heavy atom. The van der Waals surface area contributed by atoms with Gasteiger partial charge in [0.1, 0.15) is 13.2 Å². The van der Waals surface area contributed by atoms with Gasteiger partial charge in [-0.15, -0.1) is 0 Å². The second-order valence-corrected chi connectivity index (χ2v) is 8.22. The zero-order valence-corrected chi connectivity index (χ0v) is 19.1. The van der Waals surface area contributed by atoms with Gasteiger partial charge in [-0.05, 0) is 38.5 Å². The minimum Gasteiger partial charge on any atom is -1.00 e. The number of allylic oxidation sites excluding steroid dienone is 4. The molecule has 0 fully saturated rings. The van der Waals surface area contributed by atoms with E-state index in [-0.39, 0.29) is 18.4 Å². The summed E-state index contributed by atoms with van der Waals surface area (Å²) in [7, 11) is 6.32. The molecule has 160 valence electrons. The minimum atomic E-state index is -0.0378. The maximum Gasteiger partial charge on any atom is 0.305 e. The molecule has 0 amide bonds. The maximum atomic E-state index is 11.6. The quantitative estimate of drug-likeness (QED) is 0.162. The van der Waals surface area contributed by atoms with Crippen molar-refractivity contribution >= 4 is 5.97 Å². The van der Waals surface area contributed by atoms with Crippen LogP contribution in [-0.4, -0.2) is 44.7 Å². The van der Waals surface area contributed by atoms with Crippen LogP contribution in [0.25, 0.3) is 0 Å². The number of ether oxygens (including phenoxy) is 1. The van der Waals surface area contributed by atoms with Crippen molar-refractivity contribution in [1.82, 2.24) is 0 Å². The first-order chi connectivity index (χ1) is 12.5. The van der Waals surface area contributed by atoms with Crippen LogP contribution in [0.4, 0.5) is 0 Å². The highest BCUT2D eigenvalue weighted by atomic mass is 35.5.